The van der Waals surface area contributed by atoms with Crippen LogP contribution >= 0.6 is 0 Å². The summed E-state index contributed by atoms with van der Waals surface area (Å²) in [7, 11) is 0. The van der Waals surface area contributed by atoms with E-state index in [1.807, 2.05) is 25.7 Å². The van der Waals surface area contributed by atoms with E-state index in [4.69, 9.17) is 0 Å². The molecule has 0 radical (unpaired) electrons. The minimum Gasteiger partial charge on any atom is -0.342 e. The molecule has 1 aliphatic heterocycles. The second-order valence-electron chi connectivity index (χ2n) is 7.01. The summed E-state index contributed by atoms with van der Waals surface area (Å²) in [6.07, 6.45) is 5.11. The van der Waals surface area contributed by atoms with Crippen molar-refractivity contribution in [2.75, 3.05) is 6.54 Å². The predicted molar refractivity (Wildman–Crippen MR) is 72.3 cm³/mol. The van der Waals surface area contributed by atoms with E-state index < -0.39 is 0 Å². The van der Waals surface area contributed by atoms with Crippen LogP contribution in [-0.2, 0) is 9.59 Å². The van der Waals surface area contributed by atoms with E-state index in [1.54, 1.807) is 0 Å². The van der Waals surface area contributed by atoms with Crippen molar-refractivity contribution in [3.63, 3.8) is 0 Å². The number of hydrogen-bond donors (Lipinski definition) is 1. The van der Waals surface area contributed by atoms with Gasteiger partial charge < -0.3 is 10.2 Å². The predicted octanol–water partition coefficient (Wildman–Crippen LogP) is 1.55. The number of hydrogen-bond acceptors (Lipinski definition) is 2. The summed E-state index contributed by atoms with van der Waals surface area (Å²) in [6, 6.07) is -0.641. The molecule has 1 heterocycles. The Labute approximate surface area is 114 Å². The number of piperazine rings is 1. The maximum absolute atomic E-state index is 12.6. The molecular formula is C15H24N2O2. The molecule has 2 aliphatic carbocycles. The SMILES string of the molecule is CC(C)C1NC(=O)C(C)N(CC2(C3CC3)CC2)C1=O. The third-order valence-electron chi connectivity index (χ3n) is 5.18. The van der Waals surface area contributed by atoms with Gasteiger partial charge in [0.15, 0.2) is 0 Å². The first kappa shape index (κ1) is 12.9. The number of amides is 2. The fraction of sp³-hybridized carbons (Fsp3) is 0.867. The molecule has 3 aliphatic rings. The third kappa shape index (κ3) is 2.15. The van der Waals surface area contributed by atoms with Crippen LogP contribution in [0.4, 0.5) is 0 Å². The quantitative estimate of drug-likeness (QED) is 0.837. The zero-order valence-corrected chi connectivity index (χ0v) is 12.1. The molecule has 3 fully saturated rings. The van der Waals surface area contributed by atoms with Crippen LogP contribution in [0.1, 0.15) is 46.5 Å². The number of carbonyl (C=O) groups excluding carboxylic acids is 2. The largest absolute Gasteiger partial charge is 0.342 e. The minimum absolute atomic E-state index is 0.00453. The van der Waals surface area contributed by atoms with Crippen molar-refractivity contribution in [2.24, 2.45) is 17.3 Å². The van der Waals surface area contributed by atoms with Crippen molar-refractivity contribution < 1.29 is 9.59 Å². The summed E-state index contributed by atoms with van der Waals surface area (Å²) in [5, 5.41) is 2.87. The lowest BCUT2D eigenvalue weighted by molar-refractivity contribution is -0.151. The number of rotatable bonds is 4. The molecule has 0 aromatic rings. The summed E-state index contributed by atoms with van der Waals surface area (Å²) in [5.74, 6) is 1.09. The van der Waals surface area contributed by atoms with E-state index in [1.165, 1.54) is 25.7 Å². The molecule has 0 aromatic heterocycles. The average Bonchev–Trinajstić information content (AvgIpc) is 3.21. The molecule has 0 spiro atoms. The molecule has 3 rings (SSSR count). The number of nitrogens with one attached hydrogen (secondary N) is 1. The molecule has 106 valence electrons. The Morgan fingerprint density at radius 1 is 1.32 bits per heavy atom. The highest BCUT2D eigenvalue weighted by Crippen LogP contribution is 2.61. The monoisotopic (exact) mass is 264 g/mol. The van der Waals surface area contributed by atoms with Crippen LogP contribution in [0.25, 0.3) is 0 Å². The lowest BCUT2D eigenvalue weighted by atomic mass is 9.94. The van der Waals surface area contributed by atoms with Crippen LogP contribution < -0.4 is 5.32 Å². The van der Waals surface area contributed by atoms with Gasteiger partial charge >= 0.3 is 0 Å². The molecule has 0 aromatic carbocycles. The molecule has 2 atom stereocenters. The average molecular weight is 264 g/mol. The molecule has 2 saturated carbocycles. The van der Waals surface area contributed by atoms with Gasteiger partial charge in [-0.05, 0) is 49.9 Å². The van der Waals surface area contributed by atoms with Crippen molar-refractivity contribution in [1.82, 2.24) is 10.2 Å². The van der Waals surface area contributed by atoms with Crippen LogP contribution in [0, 0.1) is 17.3 Å². The van der Waals surface area contributed by atoms with E-state index >= 15 is 0 Å². The Bertz CT molecular complexity index is 410. The first-order chi connectivity index (χ1) is 8.94. The fourth-order valence-corrected chi connectivity index (χ4v) is 3.40. The van der Waals surface area contributed by atoms with Gasteiger partial charge in [0.2, 0.25) is 11.8 Å². The molecule has 4 nitrogen and oxygen atoms in total. The fourth-order valence-electron chi connectivity index (χ4n) is 3.40. The summed E-state index contributed by atoms with van der Waals surface area (Å²) in [5.41, 5.74) is 0.364. The summed E-state index contributed by atoms with van der Waals surface area (Å²) >= 11 is 0. The second-order valence-corrected chi connectivity index (χ2v) is 7.01. The molecule has 1 N–H and O–H groups in total. The van der Waals surface area contributed by atoms with Crippen molar-refractivity contribution in [1.29, 1.82) is 0 Å². The summed E-state index contributed by atoms with van der Waals surface area (Å²) in [6.45, 7) is 6.64. The van der Waals surface area contributed by atoms with E-state index in [0.29, 0.717) is 5.41 Å². The van der Waals surface area contributed by atoms with E-state index in [-0.39, 0.29) is 29.8 Å². The Hall–Kier alpha value is -1.06. The summed E-state index contributed by atoms with van der Waals surface area (Å²) < 4.78 is 0. The van der Waals surface area contributed by atoms with Crippen molar-refractivity contribution in [2.45, 2.75) is 58.5 Å². The highest BCUT2D eigenvalue weighted by atomic mass is 16.2. The Balaban J connectivity index is 1.77. The van der Waals surface area contributed by atoms with Gasteiger partial charge in [0.05, 0.1) is 0 Å². The van der Waals surface area contributed by atoms with E-state index in [0.717, 1.165) is 12.5 Å². The van der Waals surface area contributed by atoms with Gasteiger partial charge in [-0.2, -0.15) is 0 Å². The molecule has 1 saturated heterocycles. The zero-order valence-electron chi connectivity index (χ0n) is 12.1. The van der Waals surface area contributed by atoms with Crippen molar-refractivity contribution in [3.05, 3.63) is 0 Å². The standard InChI is InChI=1S/C15H24N2O2/c1-9(2)12-14(19)17(10(3)13(18)16-12)8-15(6-7-15)11-4-5-11/h9-12H,4-8H2,1-3H3,(H,16,18). The first-order valence-electron chi connectivity index (χ1n) is 7.55. The highest BCUT2D eigenvalue weighted by molar-refractivity contribution is 5.96. The summed E-state index contributed by atoms with van der Waals surface area (Å²) in [4.78, 5) is 26.5. The topological polar surface area (TPSA) is 49.4 Å². The van der Waals surface area contributed by atoms with Crippen LogP contribution in [0.15, 0.2) is 0 Å². The normalized spacial score (nSPS) is 33.6. The zero-order chi connectivity index (χ0) is 13.8. The maximum Gasteiger partial charge on any atom is 0.246 e. The van der Waals surface area contributed by atoms with Gasteiger partial charge in [-0.1, -0.05) is 13.8 Å². The smallest absolute Gasteiger partial charge is 0.246 e. The van der Waals surface area contributed by atoms with Crippen molar-refractivity contribution in [3.8, 4) is 0 Å². The van der Waals surface area contributed by atoms with E-state index in [2.05, 4.69) is 5.32 Å². The van der Waals surface area contributed by atoms with Gasteiger partial charge in [0, 0.05) is 6.54 Å². The van der Waals surface area contributed by atoms with Gasteiger partial charge in [-0.15, -0.1) is 0 Å². The first-order valence-corrected chi connectivity index (χ1v) is 7.55. The number of carbonyl (C=O) groups is 2. The molecule has 0 bridgehead atoms. The van der Waals surface area contributed by atoms with Gasteiger partial charge in [0.1, 0.15) is 12.1 Å². The molecule has 19 heavy (non-hydrogen) atoms. The third-order valence-corrected chi connectivity index (χ3v) is 5.18. The Kier molecular flexibility index (Phi) is 2.88. The lowest BCUT2D eigenvalue weighted by Crippen LogP contribution is -2.64. The maximum atomic E-state index is 12.6. The van der Waals surface area contributed by atoms with Gasteiger partial charge in [-0.3, -0.25) is 9.59 Å². The minimum atomic E-state index is -0.335. The van der Waals surface area contributed by atoms with Crippen LogP contribution in [-0.4, -0.2) is 35.3 Å². The van der Waals surface area contributed by atoms with E-state index in [9.17, 15) is 9.59 Å². The number of nitrogens with zero attached hydrogens (tertiary/aromatic N) is 1. The van der Waals surface area contributed by atoms with Crippen LogP contribution in [0.5, 0.6) is 0 Å². The van der Waals surface area contributed by atoms with Crippen LogP contribution in [0.2, 0.25) is 0 Å². The molecule has 2 amide bonds. The second kappa shape index (κ2) is 4.22. The van der Waals surface area contributed by atoms with Gasteiger partial charge in [-0.25, -0.2) is 0 Å². The Morgan fingerprint density at radius 3 is 2.42 bits per heavy atom. The Morgan fingerprint density at radius 2 is 1.95 bits per heavy atom. The molecule has 4 heteroatoms. The van der Waals surface area contributed by atoms with Crippen molar-refractivity contribution >= 4 is 11.8 Å². The van der Waals surface area contributed by atoms with Gasteiger partial charge in [0.25, 0.3) is 0 Å². The van der Waals surface area contributed by atoms with Crippen LogP contribution in [0.3, 0.4) is 0 Å². The molecular weight excluding hydrogens is 240 g/mol. The highest BCUT2D eigenvalue weighted by Gasteiger charge is 2.56. The lowest BCUT2D eigenvalue weighted by Gasteiger charge is -2.40. The molecule has 2 unspecified atom stereocenters.